The Morgan fingerprint density at radius 1 is 1.29 bits per heavy atom. The highest BCUT2D eigenvalue weighted by Gasteiger charge is 2.38. The topological polar surface area (TPSA) is 115 Å². The van der Waals surface area contributed by atoms with Gasteiger partial charge >= 0.3 is 12.1 Å². The van der Waals surface area contributed by atoms with Crippen LogP contribution in [0.1, 0.15) is 11.3 Å². The Balaban J connectivity index is 0.000000423. The molecule has 1 N–H and O–H groups in total. The van der Waals surface area contributed by atoms with Crippen LogP contribution < -0.4 is 5.56 Å². The van der Waals surface area contributed by atoms with Crippen molar-refractivity contribution in [2.45, 2.75) is 30.6 Å². The molecule has 31 heavy (non-hydrogen) atoms. The van der Waals surface area contributed by atoms with E-state index in [9.17, 15) is 26.4 Å². The van der Waals surface area contributed by atoms with Crippen molar-refractivity contribution in [1.29, 1.82) is 0 Å². The van der Waals surface area contributed by atoms with E-state index in [1.165, 1.54) is 22.9 Å². The molecule has 0 aromatic carbocycles. The van der Waals surface area contributed by atoms with E-state index in [1.807, 2.05) is 0 Å². The third-order valence-corrected chi connectivity index (χ3v) is 6.24. The molecule has 170 valence electrons. The summed E-state index contributed by atoms with van der Waals surface area (Å²) in [5.74, 6) is -2.76. The molecule has 0 aliphatic carbocycles. The molecule has 0 atom stereocenters. The van der Waals surface area contributed by atoms with Crippen LogP contribution in [0.3, 0.4) is 0 Å². The number of sulfonamides is 1. The average molecular weight is 462 g/mol. The lowest BCUT2D eigenvalue weighted by Crippen LogP contribution is -2.33. The van der Waals surface area contributed by atoms with Crippen LogP contribution in [0.5, 0.6) is 0 Å². The van der Waals surface area contributed by atoms with E-state index in [-0.39, 0.29) is 10.6 Å². The first-order chi connectivity index (χ1) is 14.4. The van der Waals surface area contributed by atoms with Gasteiger partial charge in [-0.1, -0.05) is 12.1 Å². The number of imidazole rings is 1. The molecule has 0 saturated carbocycles. The number of hydrogen-bond donors (Lipinski definition) is 1. The number of aromatic nitrogens is 3. The summed E-state index contributed by atoms with van der Waals surface area (Å²) < 4.78 is 62.0. The summed E-state index contributed by atoms with van der Waals surface area (Å²) in [5.41, 5.74) is 1.81. The molecule has 0 unspecified atom stereocenters. The molecule has 2 aromatic heterocycles. The van der Waals surface area contributed by atoms with Crippen molar-refractivity contribution < 1.29 is 31.5 Å². The lowest BCUT2D eigenvalue weighted by molar-refractivity contribution is -0.192. The van der Waals surface area contributed by atoms with Gasteiger partial charge in [-0.05, 0) is 12.0 Å². The Labute approximate surface area is 176 Å². The number of carboxylic acid groups (broad SMARTS) is 1. The van der Waals surface area contributed by atoms with Crippen molar-refractivity contribution in [1.82, 2.24) is 18.4 Å². The Morgan fingerprint density at radius 3 is 2.42 bits per heavy atom. The van der Waals surface area contributed by atoms with Gasteiger partial charge in [0.2, 0.25) is 0 Å². The first kappa shape index (κ1) is 24.3. The quantitative estimate of drug-likeness (QED) is 0.683. The van der Waals surface area contributed by atoms with Crippen LogP contribution in [0.2, 0.25) is 0 Å². The third kappa shape index (κ3) is 5.82. The number of aryl methyl sites for hydroxylation is 1. The van der Waals surface area contributed by atoms with Crippen LogP contribution in [-0.4, -0.2) is 57.2 Å². The van der Waals surface area contributed by atoms with Crippen molar-refractivity contribution in [2.24, 2.45) is 7.05 Å². The number of allylic oxidation sites excluding steroid dienone is 1. The van der Waals surface area contributed by atoms with Crippen LogP contribution in [0.4, 0.5) is 13.2 Å². The molecule has 13 heteroatoms. The fourth-order valence-electron chi connectivity index (χ4n) is 3.00. The van der Waals surface area contributed by atoms with E-state index < -0.39 is 22.2 Å². The first-order valence-corrected chi connectivity index (χ1v) is 10.4. The summed E-state index contributed by atoms with van der Waals surface area (Å²) >= 11 is 0. The summed E-state index contributed by atoms with van der Waals surface area (Å²) in [6.45, 7) is 4.81. The normalized spacial score (nSPS) is 14.7. The van der Waals surface area contributed by atoms with Crippen molar-refractivity contribution in [3.05, 3.63) is 58.9 Å². The number of alkyl halides is 3. The van der Waals surface area contributed by atoms with Gasteiger partial charge in [-0.25, -0.2) is 18.2 Å². The van der Waals surface area contributed by atoms with Gasteiger partial charge in [-0.15, -0.1) is 6.58 Å². The Bertz CT molecular complexity index is 1120. The van der Waals surface area contributed by atoms with Crippen molar-refractivity contribution in [3.8, 4) is 0 Å². The Morgan fingerprint density at radius 2 is 1.90 bits per heavy atom. The highest BCUT2D eigenvalue weighted by Crippen LogP contribution is 2.20. The number of rotatable bonds is 4. The standard InChI is InChI=1S/C16H20N4O3S.C2HF3O2/c1-3-8-20-14-7-10-19(9-6-13(14)4-5-16(20)21)24(22,23)15-11-18(2)12-17-15;3-2(4,5)1(6)7/h3-5,11-12H,1,6-10H2,2H3;(H,6,7). The van der Waals surface area contributed by atoms with E-state index in [0.717, 1.165) is 11.3 Å². The molecular formula is C18H21F3N4O5S. The molecule has 0 spiro atoms. The maximum Gasteiger partial charge on any atom is 0.490 e. The minimum atomic E-state index is -5.08. The highest BCUT2D eigenvalue weighted by molar-refractivity contribution is 7.89. The minimum absolute atomic E-state index is 0.0550. The lowest BCUT2D eigenvalue weighted by atomic mass is 10.1. The van der Waals surface area contributed by atoms with Gasteiger partial charge in [0, 0.05) is 51.1 Å². The van der Waals surface area contributed by atoms with Gasteiger partial charge in [0.1, 0.15) is 0 Å². The molecular weight excluding hydrogens is 441 g/mol. The number of carboxylic acids is 1. The van der Waals surface area contributed by atoms with Crippen molar-refractivity contribution in [3.63, 3.8) is 0 Å². The van der Waals surface area contributed by atoms with Gasteiger partial charge in [-0.3, -0.25) is 4.79 Å². The van der Waals surface area contributed by atoms with Gasteiger partial charge < -0.3 is 14.2 Å². The maximum absolute atomic E-state index is 12.7. The first-order valence-electron chi connectivity index (χ1n) is 8.98. The number of hydrogen-bond acceptors (Lipinski definition) is 5. The zero-order valence-corrected chi connectivity index (χ0v) is 17.4. The van der Waals surface area contributed by atoms with Crippen molar-refractivity contribution >= 4 is 16.0 Å². The minimum Gasteiger partial charge on any atom is -0.475 e. The molecule has 2 aromatic rings. The molecule has 0 amide bonds. The second-order valence-corrected chi connectivity index (χ2v) is 8.51. The fourth-order valence-corrected chi connectivity index (χ4v) is 4.41. The molecule has 0 bridgehead atoms. The molecule has 0 radical (unpaired) electrons. The highest BCUT2D eigenvalue weighted by atomic mass is 32.2. The number of carbonyl (C=O) groups is 1. The van der Waals surface area contributed by atoms with E-state index >= 15 is 0 Å². The molecule has 1 aliphatic heterocycles. The predicted molar refractivity (Wildman–Crippen MR) is 104 cm³/mol. The Hall–Kier alpha value is -2.93. The monoisotopic (exact) mass is 462 g/mol. The molecule has 3 heterocycles. The maximum atomic E-state index is 12.7. The van der Waals surface area contributed by atoms with Crippen LogP contribution in [-0.2, 0) is 41.3 Å². The number of pyridine rings is 1. The molecule has 0 fully saturated rings. The largest absolute Gasteiger partial charge is 0.490 e. The molecule has 0 saturated heterocycles. The predicted octanol–water partition coefficient (Wildman–Crippen LogP) is 1.19. The number of nitrogens with zero attached hydrogens (tertiary/aromatic N) is 4. The van der Waals surface area contributed by atoms with Crippen LogP contribution in [0.15, 0.2) is 47.1 Å². The summed E-state index contributed by atoms with van der Waals surface area (Å²) in [7, 11) is -1.89. The smallest absolute Gasteiger partial charge is 0.475 e. The zero-order valence-electron chi connectivity index (χ0n) is 16.5. The van der Waals surface area contributed by atoms with Gasteiger partial charge in [-0.2, -0.15) is 17.5 Å². The molecule has 9 nitrogen and oxygen atoms in total. The lowest BCUT2D eigenvalue weighted by Gasteiger charge is -2.18. The Kier molecular flexibility index (Phi) is 7.44. The van der Waals surface area contributed by atoms with Gasteiger partial charge in [0.05, 0.1) is 6.33 Å². The summed E-state index contributed by atoms with van der Waals surface area (Å²) in [5, 5.41) is 7.18. The second kappa shape index (κ2) is 9.47. The van der Waals surface area contributed by atoms with Gasteiger partial charge in [0.15, 0.2) is 5.03 Å². The fraction of sp³-hybridized carbons (Fsp3) is 0.389. The average Bonchev–Trinajstić information content (AvgIpc) is 3.00. The van der Waals surface area contributed by atoms with Crippen molar-refractivity contribution in [2.75, 3.05) is 13.1 Å². The molecule has 1 aliphatic rings. The zero-order chi connectivity index (χ0) is 23.4. The number of fused-ring (bicyclic) bond motifs is 1. The number of aliphatic carboxylic acids is 1. The van der Waals surface area contributed by atoms with Crippen LogP contribution in [0.25, 0.3) is 0 Å². The summed E-state index contributed by atoms with van der Waals surface area (Å²) in [4.78, 5) is 24.9. The van der Waals surface area contributed by atoms with E-state index in [0.29, 0.717) is 32.5 Å². The summed E-state index contributed by atoms with van der Waals surface area (Å²) in [6, 6.07) is 3.33. The SMILES string of the molecule is C=CCn1c2c(ccc1=O)CCN(S(=O)(=O)c1cn(C)cn1)CC2.O=C(O)C(F)(F)F. The molecule has 3 rings (SSSR count). The van der Waals surface area contributed by atoms with E-state index in [2.05, 4.69) is 11.6 Å². The van der Waals surface area contributed by atoms with Gasteiger partial charge in [0.25, 0.3) is 15.6 Å². The summed E-state index contributed by atoms with van der Waals surface area (Å²) in [6.07, 6.45) is 0.626. The van der Waals surface area contributed by atoms with Crippen LogP contribution in [0, 0.1) is 0 Å². The van der Waals surface area contributed by atoms with E-state index in [1.54, 1.807) is 28.3 Å². The third-order valence-electron chi connectivity index (χ3n) is 4.46. The van der Waals surface area contributed by atoms with E-state index in [4.69, 9.17) is 9.90 Å². The van der Waals surface area contributed by atoms with Crippen LogP contribution >= 0.6 is 0 Å². The number of halogens is 3. The second-order valence-electron chi connectivity index (χ2n) is 6.63.